The van der Waals surface area contributed by atoms with E-state index in [0.717, 1.165) is 24.9 Å². The Balaban J connectivity index is 2.39. The van der Waals surface area contributed by atoms with Crippen molar-refractivity contribution in [2.24, 2.45) is 0 Å². The van der Waals surface area contributed by atoms with Gasteiger partial charge < -0.3 is 9.55 Å². The van der Waals surface area contributed by atoms with Gasteiger partial charge in [-0.2, -0.15) is 0 Å². The van der Waals surface area contributed by atoms with Crippen molar-refractivity contribution in [2.75, 3.05) is 0 Å². The normalized spacial score (nSPS) is 11.3. The van der Waals surface area contributed by atoms with Crippen LogP contribution in [0.2, 0.25) is 0 Å². The molecule has 1 aromatic heterocycles. The Morgan fingerprint density at radius 2 is 2.22 bits per heavy atom. The van der Waals surface area contributed by atoms with Gasteiger partial charge in [-0.1, -0.05) is 12.1 Å². The molecule has 2 aromatic rings. The molecule has 0 aliphatic carbocycles. The number of hydrogen-bond donors (Lipinski definition) is 1. The van der Waals surface area contributed by atoms with Crippen LogP contribution in [0, 0.1) is 4.77 Å². The van der Waals surface area contributed by atoms with E-state index >= 15 is 0 Å². The number of H-pyrrole nitrogens is 1. The molecule has 0 spiro atoms. The zero-order chi connectivity index (χ0) is 13.1. The SMILES string of the molecule is C=CCCCn1c(=S)[nH]c2cc(C(F)F)ccc21. The zero-order valence-corrected chi connectivity index (χ0v) is 10.6. The number of rotatable bonds is 5. The Labute approximate surface area is 109 Å². The molecule has 0 aliphatic heterocycles. The van der Waals surface area contributed by atoms with Crippen LogP contribution < -0.4 is 0 Å². The van der Waals surface area contributed by atoms with E-state index in [9.17, 15) is 8.78 Å². The third kappa shape index (κ3) is 2.51. The number of fused-ring (bicyclic) bond motifs is 1. The highest BCUT2D eigenvalue weighted by Crippen LogP contribution is 2.23. The van der Waals surface area contributed by atoms with Crippen molar-refractivity contribution in [2.45, 2.75) is 25.8 Å². The van der Waals surface area contributed by atoms with Gasteiger partial charge in [-0.25, -0.2) is 8.78 Å². The second kappa shape index (κ2) is 5.44. The number of alkyl halides is 2. The maximum Gasteiger partial charge on any atom is 0.263 e. The Morgan fingerprint density at radius 3 is 2.89 bits per heavy atom. The number of nitrogens with zero attached hydrogens (tertiary/aromatic N) is 1. The molecule has 0 atom stereocenters. The minimum atomic E-state index is -2.46. The van der Waals surface area contributed by atoms with Crippen molar-refractivity contribution in [1.29, 1.82) is 0 Å². The number of imidazole rings is 1. The second-order valence-electron chi connectivity index (χ2n) is 4.09. The monoisotopic (exact) mass is 268 g/mol. The van der Waals surface area contributed by atoms with Gasteiger partial charge in [0.05, 0.1) is 11.0 Å². The number of nitrogens with one attached hydrogen (secondary N) is 1. The van der Waals surface area contributed by atoms with Gasteiger partial charge in [-0.15, -0.1) is 6.58 Å². The van der Waals surface area contributed by atoms with Gasteiger partial charge in [0.1, 0.15) is 0 Å². The van der Waals surface area contributed by atoms with E-state index in [4.69, 9.17) is 12.2 Å². The maximum absolute atomic E-state index is 12.6. The Bertz CT molecular complexity index is 613. The van der Waals surface area contributed by atoms with Crippen LogP contribution in [0.15, 0.2) is 30.9 Å². The lowest BCUT2D eigenvalue weighted by molar-refractivity contribution is 0.151. The Morgan fingerprint density at radius 1 is 1.44 bits per heavy atom. The third-order valence-corrected chi connectivity index (χ3v) is 3.16. The summed E-state index contributed by atoms with van der Waals surface area (Å²) >= 11 is 5.21. The number of allylic oxidation sites excluding steroid dienone is 1. The molecule has 0 bridgehead atoms. The van der Waals surface area contributed by atoms with Crippen molar-refractivity contribution < 1.29 is 8.78 Å². The van der Waals surface area contributed by atoms with Gasteiger partial charge >= 0.3 is 0 Å². The largest absolute Gasteiger partial charge is 0.331 e. The van der Waals surface area contributed by atoms with E-state index in [1.54, 1.807) is 6.07 Å². The quantitative estimate of drug-likeness (QED) is 0.477. The molecule has 1 aromatic carbocycles. The van der Waals surface area contributed by atoms with E-state index in [0.29, 0.717) is 10.3 Å². The fraction of sp³-hybridized carbons (Fsp3) is 0.308. The summed E-state index contributed by atoms with van der Waals surface area (Å²) in [5.41, 5.74) is 1.54. The molecule has 1 N–H and O–H groups in total. The van der Waals surface area contributed by atoms with Crippen LogP contribution >= 0.6 is 12.2 Å². The molecule has 18 heavy (non-hydrogen) atoms. The molecule has 0 radical (unpaired) electrons. The number of aromatic nitrogens is 2. The zero-order valence-electron chi connectivity index (χ0n) is 9.83. The summed E-state index contributed by atoms with van der Waals surface area (Å²) in [6, 6.07) is 4.59. The lowest BCUT2D eigenvalue weighted by Gasteiger charge is -2.04. The number of halogens is 2. The predicted octanol–water partition coefficient (Wildman–Crippen LogP) is 4.60. The van der Waals surface area contributed by atoms with E-state index in [1.165, 1.54) is 12.1 Å². The summed E-state index contributed by atoms with van der Waals surface area (Å²) in [6.07, 6.45) is 1.23. The number of unbranched alkanes of at least 4 members (excludes halogenated alkanes) is 1. The smallest absolute Gasteiger partial charge is 0.263 e. The van der Waals surface area contributed by atoms with Crippen LogP contribution in [-0.2, 0) is 6.54 Å². The van der Waals surface area contributed by atoms with E-state index in [1.807, 2.05) is 10.6 Å². The molecular weight excluding hydrogens is 254 g/mol. The van der Waals surface area contributed by atoms with Gasteiger partial charge in [0.15, 0.2) is 4.77 Å². The lowest BCUT2D eigenvalue weighted by Crippen LogP contribution is -1.97. The highest BCUT2D eigenvalue weighted by molar-refractivity contribution is 7.71. The number of benzene rings is 1. The molecule has 5 heteroatoms. The summed E-state index contributed by atoms with van der Waals surface area (Å²) < 4.78 is 27.7. The van der Waals surface area contributed by atoms with Gasteiger partial charge in [-0.3, -0.25) is 0 Å². The summed E-state index contributed by atoms with van der Waals surface area (Å²) in [5, 5.41) is 0. The minimum absolute atomic E-state index is 0.0111. The van der Waals surface area contributed by atoms with Gasteiger partial charge in [0, 0.05) is 12.1 Å². The van der Waals surface area contributed by atoms with E-state index in [2.05, 4.69) is 11.6 Å². The van der Waals surface area contributed by atoms with Crippen LogP contribution in [-0.4, -0.2) is 9.55 Å². The van der Waals surface area contributed by atoms with Crippen LogP contribution in [0.3, 0.4) is 0 Å². The van der Waals surface area contributed by atoms with Crippen LogP contribution in [0.25, 0.3) is 11.0 Å². The summed E-state index contributed by atoms with van der Waals surface area (Å²) in [4.78, 5) is 2.97. The molecule has 1 heterocycles. The highest BCUT2D eigenvalue weighted by Gasteiger charge is 2.10. The first-order chi connectivity index (χ1) is 8.63. The molecule has 0 unspecified atom stereocenters. The third-order valence-electron chi connectivity index (χ3n) is 2.84. The molecule has 0 fully saturated rings. The molecular formula is C13H14F2N2S. The molecule has 2 rings (SSSR count). The second-order valence-corrected chi connectivity index (χ2v) is 4.48. The van der Waals surface area contributed by atoms with Crippen molar-refractivity contribution in [3.05, 3.63) is 41.2 Å². The van der Waals surface area contributed by atoms with Gasteiger partial charge in [-0.05, 0) is 37.2 Å². The molecule has 0 aliphatic rings. The maximum atomic E-state index is 12.6. The Hall–Kier alpha value is -1.49. The van der Waals surface area contributed by atoms with Crippen LogP contribution in [0.1, 0.15) is 24.8 Å². The Kier molecular flexibility index (Phi) is 3.91. The fourth-order valence-electron chi connectivity index (χ4n) is 1.93. The number of aromatic amines is 1. The van der Waals surface area contributed by atoms with E-state index < -0.39 is 6.43 Å². The topological polar surface area (TPSA) is 20.7 Å². The first-order valence-electron chi connectivity index (χ1n) is 5.75. The van der Waals surface area contributed by atoms with Crippen LogP contribution in [0.4, 0.5) is 8.78 Å². The molecule has 0 saturated heterocycles. The first-order valence-corrected chi connectivity index (χ1v) is 6.16. The van der Waals surface area contributed by atoms with Crippen molar-refractivity contribution >= 4 is 23.3 Å². The van der Waals surface area contributed by atoms with E-state index in [-0.39, 0.29) is 5.56 Å². The van der Waals surface area contributed by atoms with Crippen molar-refractivity contribution in [3.63, 3.8) is 0 Å². The average Bonchev–Trinajstić information content (AvgIpc) is 2.65. The summed E-state index contributed by atoms with van der Waals surface area (Å²) in [7, 11) is 0. The standard InChI is InChI=1S/C13H14F2N2S/c1-2-3-4-7-17-11-6-5-9(12(14)15)8-10(11)16-13(17)18/h2,5-6,8,12H,1,3-4,7H2,(H,16,18). The summed E-state index contributed by atoms with van der Waals surface area (Å²) in [6.45, 7) is 4.43. The molecule has 0 amide bonds. The van der Waals surface area contributed by atoms with Gasteiger partial charge in [0.2, 0.25) is 0 Å². The molecule has 0 saturated carbocycles. The summed E-state index contributed by atoms with van der Waals surface area (Å²) in [5.74, 6) is 0. The first kappa shape index (κ1) is 13.0. The van der Waals surface area contributed by atoms with Gasteiger partial charge in [0.25, 0.3) is 6.43 Å². The number of hydrogen-bond acceptors (Lipinski definition) is 1. The highest BCUT2D eigenvalue weighted by atomic mass is 32.1. The minimum Gasteiger partial charge on any atom is -0.331 e. The number of aryl methyl sites for hydroxylation is 1. The fourth-order valence-corrected chi connectivity index (χ4v) is 2.23. The lowest BCUT2D eigenvalue weighted by atomic mass is 10.2. The van der Waals surface area contributed by atoms with Crippen molar-refractivity contribution in [3.8, 4) is 0 Å². The van der Waals surface area contributed by atoms with Crippen molar-refractivity contribution in [1.82, 2.24) is 9.55 Å². The average molecular weight is 268 g/mol. The molecule has 96 valence electrons. The predicted molar refractivity (Wildman–Crippen MR) is 71.5 cm³/mol. The molecule has 2 nitrogen and oxygen atoms in total. The van der Waals surface area contributed by atoms with Crippen LogP contribution in [0.5, 0.6) is 0 Å².